The van der Waals surface area contributed by atoms with E-state index in [1.165, 1.54) is 7.11 Å². The van der Waals surface area contributed by atoms with Crippen molar-refractivity contribution < 1.29 is 9.53 Å². The molecule has 1 aliphatic rings. The zero-order valence-corrected chi connectivity index (χ0v) is 11.6. The summed E-state index contributed by atoms with van der Waals surface area (Å²) in [6, 6.07) is 0.0782. The molecule has 4 nitrogen and oxygen atoms in total. The molecule has 1 aliphatic heterocycles. The standard InChI is InChI=1S/C10H20N2O2.2ClH/c1-7(2)9(10(13)14-3)12-5-4-8(11)6-12;;/h7-9H,4-6,11H2,1-3H3;2*1H. The van der Waals surface area contributed by atoms with Crippen LogP contribution in [-0.4, -0.2) is 43.2 Å². The fourth-order valence-corrected chi connectivity index (χ4v) is 2.03. The van der Waals surface area contributed by atoms with Crippen LogP contribution in [0.4, 0.5) is 0 Å². The van der Waals surface area contributed by atoms with Crippen molar-refractivity contribution in [1.29, 1.82) is 0 Å². The van der Waals surface area contributed by atoms with Crippen LogP contribution in [0.1, 0.15) is 20.3 Å². The summed E-state index contributed by atoms with van der Waals surface area (Å²) in [5, 5.41) is 0. The SMILES string of the molecule is COC(=O)C(C(C)C)N1CCC(N)C1.Cl.Cl. The number of hydrogen-bond acceptors (Lipinski definition) is 4. The van der Waals surface area contributed by atoms with E-state index in [0.29, 0.717) is 0 Å². The van der Waals surface area contributed by atoms with Crippen molar-refractivity contribution in [2.24, 2.45) is 11.7 Å². The van der Waals surface area contributed by atoms with Gasteiger partial charge in [0.05, 0.1) is 7.11 Å². The molecule has 0 aliphatic carbocycles. The number of esters is 1. The number of likely N-dealkylation sites (tertiary alicyclic amines) is 1. The first-order valence-corrected chi connectivity index (χ1v) is 5.13. The first-order chi connectivity index (χ1) is 6.56. The number of nitrogens with zero attached hydrogens (tertiary/aromatic N) is 1. The fourth-order valence-electron chi connectivity index (χ4n) is 2.03. The normalized spacial score (nSPS) is 22.2. The molecule has 1 heterocycles. The van der Waals surface area contributed by atoms with Gasteiger partial charge >= 0.3 is 5.97 Å². The summed E-state index contributed by atoms with van der Waals surface area (Å²) in [7, 11) is 1.44. The Balaban J connectivity index is 0. The van der Waals surface area contributed by atoms with Gasteiger partial charge in [-0.25, -0.2) is 0 Å². The zero-order valence-electron chi connectivity index (χ0n) is 10.0. The average molecular weight is 273 g/mol. The molecule has 2 atom stereocenters. The second kappa shape index (κ2) is 8.12. The average Bonchev–Trinajstić information content (AvgIpc) is 2.51. The first kappa shape index (κ1) is 18.3. The molecule has 16 heavy (non-hydrogen) atoms. The minimum absolute atomic E-state index is 0. The lowest BCUT2D eigenvalue weighted by Crippen LogP contribution is -2.45. The summed E-state index contributed by atoms with van der Waals surface area (Å²) >= 11 is 0. The molecule has 98 valence electrons. The molecule has 1 saturated heterocycles. The van der Waals surface area contributed by atoms with Gasteiger partial charge in [0.25, 0.3) is 0 Å². The molecule has 1 fully saturated rings. The van der Waals surface area contributed by atoms with Crippen LogP contribution in [0.25, 0.3) is 0 Å². The maximum Gasteiger partial charge on any atom is 0.323 e. The molecule has 0 aromatic heterocycles. The Hall–Kier alpha value is -0.0300. The van der Waals surface area contributed by atoms with E-state index in [9.17, 15) is 4.79 Å². The largest absolute Gasteiger partial charge is 0.468 e. The molecule has 0 spiro atoms. The van der Waals surface area contributed by atoms with E-state index in [1.807, 2.05) is 13.8 Å². The number of methoxy groups -OCH3 is 1. The zero-order chi connectivity index (χ0) is 10.7. The molecule has 1 rings (SSSR count). The number of ether oxygens (including phenoxy) is 1. The summed E-state index contributed by atoms with van der Waals surface area (Å²) in [4.78, 5) is 13.7. The monoisotopic (exact) mass is 272 g/mol. The molecular formula is C10H22Cl2N2O2. The first-order valence-electron chi connectivity index (χ1n) is 5.13. The molecule has 0 saturated carbocycles. The highest BCUT2D eigenvalue weighted by atomic mass is 35.5. The number of rotatable bonds is 3. The highest BCUT2D eigenvalue weighted by molar-refractivity contribution is 5.85. The Morgan fingerprint density at radius 3 is 2.31 bits per heavy atom. The third-order valence-electron chi connectivity index (χ3n) is 2.72. The van der Waals surface area contributed by atoms with Crippen LogP contribution in [0.3, 0.4) is 0 Å². The Labute approximate surface area is 110 Å². The third-order valence-corrected chi connectivity index (χ3v) is 2.72. The van der Waals surface area contributed by atoms with Gasteiger partial charge in [-0.3, -0.25) is 9.69 Å². The number of hydrogen-bond donors (Lipinski definition) is 1. The van der Waals surface area contributed by atoms with E-state index >= 15 is 0 Å². The van der Waals surface area contributed by atoms with Gasteiger partial charge in [0.1, 0.15) is 6.04 Å². The molecule has 2 N–H and O–H groups in total. The quantitative estimate of drug-likeness (QED) is 0.781. The van der Waals surface area contributed by atoms with Crippen molar-refractivity contribution in [3.63, 3.8) is 0 Å². The summed E-state index contributed by atoms with van der Waals surface area (Å²) in [5.74, 6) is 0.127. The Morgan fingerprint density at radius 2 is 2.00 bits per heavy atom. The lowest BCUT2D eigenvalue weighted by atomic mass is 10.0. The van der Waals surface area contributed by atoms with Crippen molar-refractivity contribution in [1.82, 2.24) is 4.90 Å². The lowest BCUT2D eigenvalue weighted by molar-refractivity contribution is -0.148. The summed E-state index contributed by atoms with van der Waals surface area (Å²) in [6.45, 7) is 5.77. The maximum atomic E-state index is 11.5. The third kappa shape index (κ3) is 4.45. The van der Waals surface area contributed by atoms with Crippen LogP contribution in [-0.2, 0) is 9.53 Å². The van der Waals surface area contributed by atoms with Gasteiger partial charge in [-0.2, -0.15) is 0 Å². The predicted molar refractivity (Wildman–Crippen MR) is 69.3 cm³/mol. The molecule has 2 unspecified atom stereocenters. The maximum absolute atomic E-state index is 11.5. The lowest BCUT2D eigenvalue weighted by Gasteiger charge is -2.28. The summed E-state index contributed by atoms with van der Waals surface area (Å²) in [5.41, 5.74) is 5.81. The van der Waals surface area contributed by atoms with E-state index in [-0.39, 0.29) is 48.8 Å². The van der Waals surface area contributed by atoms with Crippen molar-refractivity contribution in [2.45, 2.75) is 32.4 Å². The van der Waals surface area contributed by atoms with Gasteiger partial charge in [-0.05, 0) is 12.3 Å². The van der Waals surface area contributed by atoms with E-state index in [2.05, 4.69) is 4.90 Å². The second-order valence-corrected chi connectivity index (χ2v) is 4.26. The molecule has 0 aromatic carbocycles. The smallest absolute Gasteiger partial charge is 0.323 e. The predicted octanol–water partition coefficient (Wildman–Crippen LogP) is 1.06. The van der Waals surface area contributed by atoms with Gasteiger partial charge in [-0.15, -0.1) is 24.8 Å². The minimum Gasteiger partial charge on any atom is -0.468 e. The minimum atomic E-state index is -0.144. The molecule has 0 bridgehead atoms. The molecule has 0 aromatic rings. The highest BCUT2D eigenvalue weighted by Crippen LogP contribution is 2.18. The molecule has 6 heteroatoms. The van der Waals surface area contributed by atoms with Gasteiger partial charge < -0.3 is 10.5 Å². The molecule has 0 amide bonds. The van der Waals surface area contributed by atoms with Crippen LogP contribution in [0.2, 0.25) is 0 Å². The van der Waals surface area contributed by atoms with Crippen molar-refractivity contribution in [3.8, 4) is 0 Å². The summed E-state index contributed by atoms with van der Waals surface area (Å²) in [6.07, 6.45) is 0.972. The van der Waals surface area contributed by atoms with Crippen LogP contribution >= 0.6 is 24.8 Å². The summed E-state index contributed by atoms with van der Waals surface area (Å²) < 4.78 is 4.80. The van der Waals surface area contributed by atoms with Crippen molar-refractivity contribution >= 4 is 30.8 Å². The van der Waals surface area contributed by atoms with E-state index in [4.69, 9.17) is 10.5 Å². The number of carbonyl (C=O) groups is 1. The van der Waals surface area contributed by atoms with Crippen LogP contribution < -0.4 is 5.73 Å². The number of nitrogens with two attached hydrogens (primary N) is 1. The van der Waals surface area contributed by atoms with Gasteiger partial charge in [-0.1, -0.05) is 13.8 Å². The Kier molecular flexibility index (Phi) is 9.30. The Bertz CT molecular complexity index is 215. The topological polar surface area (TPSA) is 55.6 Å². The molecule has 0 radical (unpaired) electrons. The fraction of sp³-hybridized carbons (Fsp3) is 0.900. The van der Waals surface area contributed by atoms with Gasteiger partial charge in [0, 0.05) is 19.1 Å². The highest BCUT2D eigenvalue weighted by Gasteiger charge is 2.33. The number of carbonyl (C=O) groups excluding carboxylic acids is 1. The van der Waals surface area contributed by atoms with Gasteiger partial charge in [0.15, 0.2) is 0 Å². The van der Waals surface area contributed by atoms with Crippen LogP contribution in [0.15, 0.2) is 0 Å². The van der Waals surface area contributed by atoms with E-state index in [0.717, 1.165) is 19.5 Å². The van der Waals surface area contributed by atoms with Crippen LogP contribution in [0.5, 0.6) is 0 Å². The van der Waals surface area contributed by atoms with Crippen molar-refractivity contribution in [2.75, 3.05) is 20.2 Å². The van der Waals surface area contributed by atoms with E-state index < -0.39 is 0 Å². The number of halogens is 2. The van der Waals surface area contributed by atoms with E-state index in [1.54, 1.807) is 0 Å². The molecular weight excluding hydrogens is 251 g/mol. The van der Waals surface area contributed by atoms with Crippen LogP contribution in [0, 0.1) is 5.92 Å². The second-order valence-electron chi connectivity index (χ2n) is 4.26. The Morgan fingerprint density at radius 1 is 1.44 bits per heavy atom. The van der Waals surface area contributed by atoms with Gasteiger partial charge in [0.2, 0.25) is 0 Å². The van der Waals surface area contributed by atoms with Crippen molar-refractivity contribution in [3.05, 3.63) is 0 Å².